The lowest BCUT2D eigenvalue weighted by Crippen LogP contribution is -2.28. The highest BCUT2D eigenvalue weighted by atomic mass is 35.5. The van der Waals surface area contributed by atoms with Crippen LogP contribution in [-0.4, -0.2) is 23.6 Å². The average molecular weight is 229 g/mol. The van der Waals surface area contributed by atoms with Crippen LogP contribution in [0, 0.1) is 0 Å². The molecule has 0 aliphatic heterocycles. The Balaban J connectivity index is 2.62. The summed E-state index contributed by atoms with van der Waals surface area (Å²) in [5, 5.41) is 3.43. The number of esters is 1. The molecule has 0 aromatic carbocycles. The van der Waals surface area contributed by atoms with Gasteiger partial charge in [-0.2, -0.15) is 0 Å². The first-order valence-corrected chi connectivity index (χ1v) is 5.05. The van der Waals surface area contributed by atoms with Gasteiger partial charge in [0.25, 0.3) is 0 Å². The Bertz CT molecular complexity index is 344. The molecule has 1 rings (SSSR count). The Morgan fingerprint density at radius 2 is 2.47 bits per heavy atom. The highest BCUT2D eigenvalue weighted by Gasteiger charge is 2.14. The maximum atomic E-state index is 11.3. The zero-order valence-electron chi connectivity index (χ0n) is 8.66. The molecule has 4 nitrogen and oxygen atoms in total. The third kappa shape index (κ3) is 3.40. The van der Waals surface area contributed by atoms with E-state index in [4.69, 9.17) is 16.3 Å². The monoisotopic (exact) mass is 228 g/mol. The Hall–Kier alpha value is -1.29. The van der Waals surface area contributed by atoms with Crippen molar-refractivity contribution in [2.24, 2.45) is 0 Å². The summed E-state index contributed by atoms with van der Waals surface area (Å²) in [5.74, 6) is -0.301. The number of hydrogen-bond acceptors (Lipinski definition) is 4. The molecular weight excluding hydrogens is 216 g/mol. The molecular formula is C10H13ClN2O2. The highest BCUT2D eigenvalue weighted by molar-refractivity contribution is 6.33. The normalized spacial score (nSPS) is 11.9. The summed E-state index contributed by atoms with van der Waals surface area (Å²) < 4.78 is 4.86. The first-order valence-electron chi connectivity index (χ1n) is 4.67. The summed E-state index contributed by atoms with van der Waals surface area (Å²) in [6, 6.07) is 1.28. The zero-order chi connectivity index (χ0) is 11.3. The second kappa shape index (κ2) is 5.56. The smallest absolute Gasteiger partial charge is 0.328 e. The van der Waals surface area contributed by atoms with Crippen LogP contribution in [-0.2, 0) is 9.53 Å². The molecule has 0 saturated carbocycles. The number of hydrogen-bond donors (Lipinski definition) is 1. The van der Waals surface area contributed by atoms with Gasteiger partial charge >= 0.3 is 5.97 Å². The lowest BCUT2D eigenvalue weighted by atomic mass is 10.3. The second-order valence-electron chi connectivity index (χ2n) is 2.97. The first-order chi connectivity index (χ1) is 7.15. The van der Waals surface area contributed by atoms with Crippen LogP contribution < -0.4 is 5.32 Å². The lowest BCUT2D eigenvalue weighted by Gasteiger charge is -2.14. The number of nitrogens with one attached hydrogen (secondary N) is 1. The van der Waals surface area contributed by atoms with Crippen LogP contribution in [0.1, 0.15) is 13.8 Å². The summed E-state index contributed by atoms with van der Waals surface area (Å²) in [4.78, 5) is 15.2. The van der Waals surface area contributed by atoms with Gasteiger partial charge in [0.05, 0.1) is 17.3 Å². The van der Waals surface area contributed by atoms with Gasteiger partial charge in [0.1, 0.15) is 6.04 Å². The summed E-state index contributed by atoms with van der Waals surface area (Å²) in [6.07, 6.45) is 3.12. The minimum absolute atomic E-state index is 0.301. The minimum atomic E-state index is -0.426. The number of nitrogens with zero attached hydrogens (tertiary/aromatic N) is 1. The molecule has 1 atom stereocenters. The summed E-state index contributed by atoms with van der Waals surface area (Å²) in [7, 11) is 0. The van der Waals surface area contributed by atoms with E-state index in [0.717, 1.165) is 0 Å². The fourth-order valence-corrected chi connectivity index (χ4v) is 1.23. The summed E-state index contributed by atoms with van der Waals surface area (Å²) in [5.41, 5.74) is 0.673. The standard InChI is InChI=1S/C10H13ClN2O2/c1-3-15-10(14)7(2)13-9-4-5-12-6-8(9)11/h4-7H,3H2,1-2H3,(H,12,13). The molecule has 0 amide bonds. The molecule has 0 radical (unpaired) electrons. The van der Waals surface area contributed by atoms with Gasteiger partial charge in [-0.15, -0.1) is 0 Å². The molecule has 1 unspecified atom stereocenters. The highest BCUT2D eigenvalue weighted by Crippen LogP contribution is 2.19. The third-order valence-corrected chi connectivity index (χ3v) is 2.09. The van der Waals surface area contributed by atoms with Crippen LogP contribution in [0.2, 0.25) is 5.02 Å². The number of carbonyl (C=O) groups excluding carboxylic acids is 1. The zero-order valence-corrected chi connectivity index (χ0v) is 9.41. The molecule has 0 aliphatic rings. The van der Waals surface area contributed by atoms with Crippen LogP contribution in [0.25, 0.3) is 0 Å². The van der Waals surface area contributed by atoms with Crippen molar-refractivity contribution in [2.75, 3.05) is 11.9 Å². The Labute approximate surface area is 93.6 Å². The molecule has 0 aliphatic carbocycles. The molecule has 1 aromatic heterocycles. The molecule has 1 aromatic rings. The topological polar surface area (TPSA) is 51.2 Å². The fourth-order valence-electron chi connectivity index (χ4n) is 1.05. The molecule has 1 N–H and O–H groups in total. The van der Waals surface area contributed by atoms with Crippen molar-refractivity contribution in [3.8, 4) is 0 Å². The van der Waals surface area contributed by atoms with E-state index in [2.05, 4.69) is 10.3 Å². The van der Waals surface area contributed by atoms with Crippen molar-refractivity contribution >= 4 is 23.3 Å². The third-order valence-electron chi connectivity index (χ3n) is 1.78. The number of carbonyl (C=O) groups is 1. The van der Waals surface area contributed by atoms with E-state index in [1.54, 1.807) is 26.1 Å². The van der Waals surface area contributed by atoms with Gasteiger partial charge in [0.15, 0.2) is 0 Å². The second-order valence-corrected chi connectivity index (χ2v) is 3.38. The van der Waals surface area contributed by atoms with Crippen molar-refractivity contribution in [3.63, 3.8) is 0 Å². The lowest BCUT2D eigenvalue weighted by molar-refractivity contribution is -0.143. The van der Waals surface area contributed by atoms with Crippen molar-refractivity contribution < 1.29 is 9.53 Å². The van der Waals surface area contributed by atoms with E-state index in [0.29, 0.717) is 17.3 Å². The number of aromatic nitrogens is 1. The van der Waals surface area contributed by atoms with E-state index < -0.39 is 6.04 Å². The van der Waals surface area contributed by atoms with Crippen molar-refractivity contribution in [2.45, 2.75) is 19.9 Å². The molecule has 0 saturated heterocycles. The van der Waals surface area contributed by atoms with Crippen molar-refractivity contribution in [3.05, 3.63) is 23.5 Å². The van der Waals surface area contributed by atoms with Gasteiger partial charge in [-0.1, -0.05) is 11.6 Å². The number of pyridine rings is 1. The average Bonchev–Trinajstić information content (AvgIpc) is 2.21. The Kier molecular flexibility index (Phi) is 4.37. The molecule has 0 spiro atoms. The first kappa shape index (κ1) is 11.8. The van der Waals surface area contributed by atoms with Gasteiger partial charge in [-0.3, -0.25) is 4.98 Å². The van der Waals surface area contributed by atoms with E-state index >= 15 is 0 Å². The summed E-state index contributed by atoms with van der Waals surface area (Å²) >= 11 is 5.87. The SMILES string of the molecule is CCOC(=O)C(C)Nc1ccncc1Cl. The molecule has 5 heteroatoms. The number of rotatable bonds is 4. The number of ether oxygens (including phenoxy) is 1. The Morgan fingerprint density at radius 1 is 1.73 bits per heavy atom. The van der Waals surface area contributed by atoms with Gasteiger partial charge in [0.2, 0.25) is 0 Å². The van der Waals surface area contributed by atoms with Gasteiger partial charge in [0, 0.05) is 12.4 Å². The van der Waals surface area contributed by atoms with Crippen molar-refractivity contribution in [1.82, 2.24) is 4.98 Å². The van der Waals surface area contributed by atoms with E-state index in [9.17, 15) is 4.79 Å². The Morgan fingerprint density at radius 3 is 3.07 bits per heavy atom. The van der Waals surface area contributed by atoms with Gasteiger partial charge < -0.3 is 10.1 Å². The van der Waals surface area contributed by atoms with E-state index in [-0.39, 0.29) is 5.97 Å². The van der Waals surface area contributed by atoms with Crippen LogP contribution in [0.5, 0.6) is 0 Å². The minimum Gasteiger partial charge on any atom is -0.464 e. The van der Waals surface area contributed by atoms with E-state index in [1.165, 1.54) is 6.20 Å². The maximum Gasteiger partial charge on any atom is 0.328 e. The van der Waals surface area contributed by atoms with Crippen LogP contribution in [0.15, 0.2) is 18.5 Å². The van der Waals surface area contributed by atoms with Crippen LogP contribution >= 0.6 is 11.6 Å². The molecule has 0 bridgehead atoms. The summed E-state index contributed by atoms with van der Waals surface area (Å²) in [6.45, 7) is 3.85. The molecule has 82 valence electrons. The predicted octanol–water partition coefficient (Wildman–Crippen LogP) is 2.10. The van der Waals surface area contributed by atoms with Gasteiger partial charge in [-0.25, -0.2) is 4.79 Å². The van der Waals surface area contributed by atoms with Gasteiger partial charge in [-0.05, 0) is 19.9 Å². The molecule has 0 fully saturated rings. The fraction of sp³-hybridized carbons (Fsp3) is 0.400. The van der Waals surface area contributed by atoms with E-state index in [1.807, 2.05) is 0 Å². The van der Waals surface area contributed by atoms with Crippen LogP contribution in [0.3, 0.4) is 0 Å². The molecule has 15 heavy (non-hydrogen) atoms. The molecule has 1 heterocycles. The number of anilines is 1. The number of halogens is 1. The maximum absolute atomic E-state index is 11.3. The predicted molar refractivity (Wildman–Crippen MR) is 59.0 cm³/mol. The van der Waals surface area contributed by atoms with Crippen molar-refractivity contribution in [1.29, 1.82) is 0 Å². The van der Waals surface area contributed by atoms with Crippen LogP contribution in [0.4, 0.5) is 5.69 Å². The quantitative estimate of drug-likeness (QED) is 0.802. The largest absolute Gasteiger partial charge is 0.464 e.